The molecule has 20 heavy (non-hydrogen) atoms. The second-order valence-electron chi connectivity index (χ2n) is 5.35. The van der Waals surface area contributed by atoms with E-state index >= 15 is 0 Å². The minimum Gasteiger partial charge on any atom is -0.467 e. The Morgan fingerprint density at radius 2 is 2.25 bits per heavy atom. The number of furan rings is 1. The maximum atomic E-state index is 11.9. The van der Waals surface area contributed by atoms with Gasteiger partial charge >= 0.3 is 5.97 Å². The molecular weight excluding hydrogens is 258 g/mol. The Hall–Kier alpha value is -2.04. The summed E-state index contributed by atoms with van der Waals surface area (Å²) < 4.78 is 10.2. The highest BCUT2D eigenvalue weighted by molar-refractivity contribution is 5.81. The van der Waals surface area contributed by atoms with Crippen molar-refractivity contribution in [2.45, 2.75) is 19.4 Å². The molecule has 2 aliphatic rings. The lowest BCUT2D eigenvalue weighted by Gasteiger charge is -2.16. The normalized spacial score (nSPS) is 26.7. The standard InChI is InChI=1S/C15H17NO4/c17-14(16-8-12-2-1-5-19-12)9-20-15(18)13-7-10-3-4-11(13)6-10/h1-5,10-11,13H,6-9H2,(H,16,17)/t10-,11+,13-/m1/s1. The molecule has 1 heterocycles. The Balaban J connectivity index is 1.39. The fraction of sp³-hybridized carbons (Fsp3) is 0.467. The second kappa shape index (κ2) is 5.53. The number of hydrogen-bond acceptors (Lipinski definition) is 4. The molecule has 1 aromatic heterocycles. The van der Waals surface area contributed by atoms with Crippen molar-refractivity contribution in [3.05, 3.63) is 36.3 Å². The van der Waals surface area contributed by atoms with E-state index in [1.54, 1.807) is 18.4 Å². The van der Waals surface area contributed by atoms with Crippen molar-refractivity contribution in [2.75, 3.05) is 6.61 Å². The van der Waals surface area contributed by atoms with Crippen LogP contribution >= 0.6 is 0 Å². The van der Waals surface area contributed by atoms with E-state index in [-0.39, 0.29) is 24.4 Å². The average Bonchev–Trinajstić information content (AvgIpc) is 3.18. The van der Waals surface area contributed by atoms with Gasteiger partial charge in [-0.2, -0.15) is 0 Å². The van der Waals surface area contributed by atoms with E-state index in [9.17, 15) is 9.59 Å². The van der Waals surface area contributed by atoms with Crippen molar-refractivity contribution >= 4 is 11.9 Å². The molecule has 5 nitrogen and oxygen atoms in total. The number of rotatable bonds is 5. The van der Waals surface area contributed by atoms with Crippen molar-refractivity contribution in [1.82, 2.24) is 5.32 Å². The van der Waals surface area contributed by atoms with Gasteiger partial charge in [-0.15, -0.1) is 0 Å². The Kier molecular flexibility index (Phi) is 3.58. The molecule has 1 N–H and O–H groups in total. The van der Waals surface area contributed by atoms with E-state index < -0.39 is 0 Å². The Bertz CT molecular complexity index is 520. The van der Waals surface area contributed by atoms with Crippen LogP contribution < -0.4 is 5.32 Å². The van der Waals surface area contributed by atoms with E-state index in [4.69, 9.17) is 9.15 Å². The van der Waals surface area contributed by atoms with Gasteiger partial charge in [-0.3, -0.25) is 9.59 Å². The summed E-state index contributed by atoms with van der Waals surface area (Å²) in [7, 11) is 0. The number of carbonyl (C=O) groups is 2. The summed E-state index contributed by atoms with van der Waals surface area (Å²) in [5.41, 5.74) is 0. The van der Waals surface area contributed by atoms with Gasteiger partial charge in [0, 0.05) is 0 Å². The summed E-state index contributed by atoms with van der Waals surface area (Å²) >= 11 is 0. The number of hydrogen-bond donors (Lipinski definition) is 1. The molecule has 0 spiro atoms. The van der Waals surface area contributed by atoms with Gasteiger partial charge in [-0.1, -0.05) is 12.2 Å². The van der Waals surface area contributed by atoms with Crippen molar-refractivity contribution in [3.8, 4) is 0 Å². The predicted molar refractivity (Wildman–Crippen MR) is 70.4 cm³/mol. The Labute approximate surface area is 117 Å². The van der Waals surface area contributed by atoms with Crippen LogP contribution in [0.25, 0.3) is 0 Å². The lowest BCUT2D eigenvalue weighted by Crippen LogP contribution is -2.30. The average molecular weight is 275 g/mol. The maximum Gasteiger partial charge on any atom is 0.310 e. The molecule has 0 unspecified atom stereocenters. The third-order valence-electron chi connectivity index (χ3n) is 3.97. The molecule has 0 aliphatic heterocycles. The molecule has 5 heteroatoms. The largest absolute Gasteiger partial charge is 0.467 e. The summed E-state index contributed by atoms with van der Waals surface area (Å²) in [6.45, 7) is 0.0807. The van der Waals surface area contributed by atoms with Gasteiger partial charge in [0.1, 0.15) is 5.76 Å². The van der Waals surface area contributed by atoms with Crippen molar-refractivity contribution in [3.63, 3.8) is 0 Å². The van der Waals surface area contributed by atoms with Crippen LogP contribution in [0.3, 0.4) is 0 Å². The molecule has 0 aromatic carbocycles. The van der Waals surface area contributed by atoms with Gasteiger partial charge in [0.2, 0.25) is 0 Å². The van der Waals surface area contributed by atoms with Gasteiger partial charge in [0.25, 0.3) is 5.91 Å². The van der Waals surface area contributed by atoms with Crippen molar-refractivity contribution in [2.24, 2.45) is 17.8 Å². The number of carbonyl (C=O) groups excluding carboxylic acids is 2. The molecule has 2 aliphatic carbocycles. The van der Waals surface area contributed by atoms with Crippen LogP contribution in [0.1, 0.15) is 18.6 Å². The number of ether oxygens (including phenoxy) is 1. The topological polar surface area (TPSA) is 68.5 Å². The van der Waals surface area contributed by atoms with Crippen LogP contribution in [0, 0.1) is 17.8 Å². The first kappa shape index (κ1) is 13.0. The summed E-state index contributed by atoms with van der Waals surface area (Å²) in [6.07, 6.45) is 7.71. The molecule has 0 saturated heterocycles. The first-order valence-corrected chi connectivity index (χ1v) is 6.86. The van der Waals surface area contributed by atoms with Crippen LogP contribution in [0.2, 0.25) is 0 Å². The predicted octanol–water partition coefficient (Wildman–Crippen LogP) is 1.65. The van der Waals surface area contributed by atoms with Crippen LogP contribution in [-0.2, 0) is 20.9 Å². The van der Waals surface area contributed by atoms with E-state index in [0.29, 0.717) is 24.1 Å². The Morgan fingerprint density at radius 1 is 1.35 bits per heavy atom. The van der Waals surface area contributed by atoms with Crippen LogP contribution in [-0.4, -0.2) is 18.5 Å². The number of fused-ring (bicyclic) bond motifs is 2. The van der Waals surface area contributed by atoms with Crippen LogP contribution in [0.5, 0.6) is 0 Å². The Morgan fingerprint density at radius 3 is 2.90 bits per heavy atom. The minimum absolute atomic E-state index is 0.0668. The summed E-state index contributed by atoms with van der Waals surface area (Å²) in [5, 5.41) is 2.64. The van der Waals surface area contributed by atoms with Gasteiger partial charge in [0.15, 0.2) is 6.61 Å². The number of esters is 1. The molecule has 3 atom stereocenters. The fourth-order valence-corrected chi connectivity index (χ4v) is 2.95. The minimum atomic E-state index is -0.312. The second-order valence-corrected chi connectivity index (χ2v) is 5.35. The number of amides is 1. The van der Waals surface area contributed by atoms with Gasteiger partial charge in [0.05, 0.1) is 18.7 Å². The van der Waals surface area contributed by atoms with Crippen molar-refractivity contribution in [1.29, 1.82) is 0 Å². The highest BCUT2D eigenvalue weighted by Gasteiger charge is 2.40. The molecule has 1 aromatic rings. The first-order valence-electron chi connectivity index (χ1n) is 6.86. The SMILES string of the molecule is O=C(COC(=O)[C@@H]1C[C@@H]2C=C[C@H]1C2)NCc1ccco1. The summed E-state index contributed by atoms with van der Waals surface area (Å²) in [4.78, 5) is 23.5. The molecule has 2 bridgehead atoms. The molecule has 1 amide bonds. The van der Waals surface area contributed by atoms with E-state index in [1.807, 2.05) is 0 Å². The highest BCUT2D eigenvalue weighted by Crippen LogP contribution is 2.43. The maximum absolute atomic E-state index is 11.9. The fourth-order valence-electron chi connectivity index (χ4n) is 2.95. The lowest BCUT2D eigenvalue weighted by atomic mass is 9.94. The molecule has 0 radical (unpaired) electrons. The number of allylic oxidation sites excluding steroid dienone is 2. The highest BCUT2D eigenvalue weighted by atomic mass is 16.5. The quantitative estimate of drug-likeness (QED) is 0.655. The van der Waals surface area contributed by atoms with E-state index in [0.717, 1.165) is 12.8 Å². The molecule has 1 fully saturated rings. The van der Waals surface area contributed by atoms with Gasteiger partial charge in [-0.25, -0.2) is 0 Å². The molecular formula is C15H17NO4. The van der Waals surface area contributed by atoms with Crippen molar-refractivity contribution < 1.29 is 18.7 Å². The summed E-state index contributed by atoms with van der Waals surface area (Å²) in [5.74, 6) is 0.859. The zero-order valence-corrected chi connectivity index (χ0v) is 11.1. The smallest absolute Gasteiger partial charge is 0.310 e. The molecule has 106 valence electrons. The summed E-state index contributed by atoms with van der Waals surface area (Å²) in [6, 6.07) is 3.53. The van der Waals surface area contributed by atoms with Gasteiger partial charge in [-0.05, 0) is 36.8 Å². The monoisotopic (exact) mass is 275 g/mol. The number of nitrogens with one attached hydrogen (secondary N) is 1. The molecule has 3 rings (SSSR count). The zero-order chi connectivity index (χ0) is 13.9. The molecule has 1 saturated carbocycles. The third-order valence-corrected chi connectivity index (χ3v) is 3.97. The van der Waals surface area contributed by atoms with Crippen LogP contribution in [0.15, 0.2) is 35.0 Å². The zero-order valence-electron chi connectivity index (χ0n) is 11.1. The first-order chi connectivity index (χ1) is 9.72. The van der Waals surface area contributed by atoms with E-state index in [1.165, 1.54) is 0 Å². The van der Waals surface area contributed by atoms with Crippen LogP contribution in [0.4, 0.5) is 0 Å². The lowest BCUT2D eigenvalue weighted by molar-refractivity contribution is -0.153. The van der Waals surface area contributed by atoms with E-state index in [2.05, 4.69) is 17.5 Å². The third kappa shape index (κ3) is 2.76. The van der Waals surface area contributed by atoms with Gasteiger partial charge < -0.3 is 14.5 Å².